The van der Waals surface area contributed by atoms with Gasteiger partial charge < -0.3 is 5.21 Å². The van der Waals surface area contributed by atoms with E-state index in [1.807, 2.05) is 0 Å². The van der Waals surface area contributed by atoms with Crippen molar-refractivity contribution in [2.24, 2.45) is 17.0 Å². The third-order valence-corrected chi connectivity index (χ3v) is 2.93. The van der Waals surface area contributed by atoms with Gasteiger partial charge in [0, 0.05) is 0 Å². The van der Waals surface area contributed by atoms with Crippen molar-refractivity contribution >= 4 is 5.71 Å². The molecule has 12 heavy (non-hydrogen) atoms. The zero-order valence-corrected chi connectivity index (χ0v) is 8.08. The minimum atomic E-state index is 0.781. The van der Waals surface area contributed by atoms with Gasteiger partial charge in [0.2, 0.25) is 0 Å². The summed E-state index contributed by atoms with van der Waals surface area (Å²) in [6.45, 7) is 4.57. The maximum Gasteiger partial charge on any atom is 0.0571 e. The van der Waals surface area contributed by atoms with Crippen LogP contribution in [0.2, 0.25) is 0 Å². The Bertz CT molecular complexity index is 163. The van der Waals surface area contributed by atoms with Crippen molar-refractivity contribution in [3.63, 3.8) is 0 Å². The van der Waals surface area contributed by atoms with Crippen LogP contribution in [-0.4, -0.2) is 10.9 Å². The number of nitrogens with zero attached hydrogens (tertiary/aromatic N) is 1. The van der Waals surface area contributed by atoms with Gasteiger partial charge in [0.15, 0.2) is 0 Å². The Hall–Kier alpha value is -0.530. The van der Waals surface area contributed by atoms with Crippen LogP contribution in [0.3, 0.4) is 0 Å². The van der Waals surface area contributed by atoms with Crippen LogP contribution in [0.4, 0.5) is 0 Å². The summed E-state index contributed by atoms with van der Waals surface area (Å²) in [6, 6.07) is 0. The zero-order valence-electron chi connectivity index (χ0n) is 8.08. The molecule has 1 N–H and O–H groups in total. The molecule has 0 amide bonds. The molecule has 0 radical (unpaired) electrons. The quantitative estimate of drug-likeness (QED) is 0.365. The van der Waals surface area contributed by atoms with E-state index in [1.165, 1.54) is 19.3 Å². The van der Waals surface area contributed by atoms with Gasteiger partial charge in [-0.05, 0) is 43.9 Å². The van der Waals surface area contributed by atoms with E-state index >= 15 is 0 Å². The molecule has 1 aliphatic carbocycles. The van der Waals surface area contributed by atoms with Gasteiger partial charge in [-0.3, -0.25) is 0 Å². The molecule has 0 spiro atoms. The van der Waals surface area contributed by atoms with E-state index in [2.05, 4.69) is 19.0 Å². The SMILES string of the molecule is CC(C)C1CCC/C(=N\O)CC1. The molecule has 0 aromatic heterocycles. The largest absolute Gasteiger partial charge is 0.411 e. The van der Waals surface area contributed by atoms with E-state index in [0.717, 1.165) is 30.4 Å². The van der Waals surface area contributed by atoms with E-state index in [1.54, 1.807) is 0 Å². The number of oxime groups is 1. The Morgan fingerprint density at radius 2 is 2.08 bits per heavy atom. The maximum atomic E-state index is 8.63. The van der Waals surface area contributed by atoms with Crippen molar-refractivity contribution in [2.75, 3.05) is 0 Å². The second kappa shape index (κ2) is 4.48. The highest BCUT2D eigenvalue weighted by molar-refractivity contribution is 5.84. The van der Waals surface area contributed by atoms with Crippen LogP contribution >= 0.6 is 0 Å². The van der Waals surface area contributed by atoms with Crippen LogP contribution in [0.15, 0.2) is 5.16 Å². The van der Waals surface area contributed by atoms with Gasteiger partial charge in [-0.1, -0.05) is 19.0 Å². The Morgan fingerprint density at radius 3 is 2.67 bits per heavy atom. The molecular formula is C10H19NO. The Kier molecular flexibility index (Phi) is 3.57. The van der Waals surface area contributed by atoms with Crippen LogP contribution in [0.25, 0.3) is 0 Å². The van der Waals surface area contributed by atoms with Crippen LogP contribution in [-0.2, 0) is 0 Å². The second-order valence-corrected chi connectivity index (χ2v) is 4.10. The van der Waals surface area contributed by atoms with E-state index in [9.17, 15) is 0 Å². The lowest BCUT2D eigenvalue weighted by molar-refractivity contribution is 0.315. The van der Waals surface area contributed by atoms with Crippen molar-refractivity contribution in [1.29, 1.82) is 0 Å². The number of hydrogen-bond acceptors (Lipinski definition) is 2. The summed E-state index contributed by atoms with van der Waals surface area (Å²) in [7, 11) is 0. The fraction of sp³-hybridized carbons (Fsp3) is 0.900. The van der Waals surface area contributed by atoms with Crippen LogP contribution in [0.1, 0.15) is 46.0 Å². The van der Waals surface area contributed by atoms with Crippen molar-refractivity contribution in [3.8, 4) is 0 Å². The molecule has 2 heteroatoms. The molecule has 0 bridgehead atoms. The highest BCUT2D eigenvalue weighted by atomic mass is 16.4. The highest BCUT2D eigenvalue weighted by Crippen LogP contribution is 2.27. The highest BCUT2D eigenvalue weighted by Gasteiger charge is 2.18. The third-order valence-electron chi connectivity index (χ3n) is 2.93. The molecule has 0 heterocycles. The Labute approximate surface area is 74.7 Å². The molecule has 0 saturated heterocycles. The second-order valence-electron chi connectivity index (χ2n) is 4.10. The summed E-state index contributed by atoms with van der Waals surface area (Å²) in [5.41, 5.74) is 0.998. The van der Waals surface area contributed by atoms with Gasteiger partial charge in [-0.2, -0.15) is 0 Å². The molecule has 1 rings (SSSR count). The van der Waals surface area contributed by atoms with Crippen LogP contribution in [0, 0.1) is 11.8 Å². The maximum absolute atomic E-state index is 8.63. The van der Waals surface area contributed by atoms with E-state index in [-0.39, 0.29) is 0 Å². The molecular weight excluding hydrogens is 150 g/mol. The summed E-state index contributed by atoms with van der Waals surface area (Å²) in [5, 5.41) is 11.9. The molecule has 1 aliphatic rings. The predicted octanol–water partition coefficient (Wildman–Crippen LogP) is 3.05. The van der Waals surface area contributed by atoms with E-state index in [4.69, 9.17) is 5.21 Å². The first kappa shape index (κ1) is 9.56. The van der Waals surface area contributed by atoms with Crippen molar-refractivity contribution in [2.45, 2.75) is 46.0 Å². The molecule has 1 atom stereocenters. The molecule has 1 fully saturated rings. The van der Waals surface area contributed by atoms with Crippen LogP contribution < -0.4 is 0 Å². The minimum absolute atomic E-state index is 0.781. The summed E-state index contributed by atoms with van der Waals surface area (Å²) in [6.07, 6.45) is 5.70. The molecule has 1 saturated carbocycles. The first-order valence-electron chi connectivity index (χ1n) is 4.94. The van der Waals surface area contributed by atoms with Gasteiger partial charge in [0.25, 0.3) is 0 Å². The Morgan fingerprint density at radius 1 is 1.33 bits per heavy atom. The van der Waals surface area contributed by atoms with Crippen molar-refractivity contribution in [3.05, 3.63) is 0 Å². The first-order valence-corrected chi connectivity index (χ1v) is 4.94. The lowest BCUT2D eigenvalue weighted by Crippen LogP contribution is -2.07. The molecule has 0 aromatic carbocycles. The van der Waals surface area contributed by atoms with Gasteiger partial charge >= 0.3 is 0 Å². The molecule has 1 unspecified atom stereocenters. The summed E-state index contributed by atoms with van der Waals surface area (Å²) >= 11 is 0. The lowest BCUT2D eigenvalue weighted by Gasteiger charge is -2.17. The molecule has 0 aromatic rings. The molecule has 2 nitrogen and oxygen atoms in total. The first-order chi connectivity index (χ1) is 5.74. The average molecular weight is 169 g/mol. The zero-order chi connectivity index (χ0) is 8.97. The average Bonchev–Trinajstić information content (AvgIpc) is 2.28. The monoisotopic (exact) mass is 169 g/mol. The standard InChI is InChI=1S/C10H19NO/c1-8(2)9-4-3-5-10(11-12)7-6-9/h8-9,12H,3-7H2,1-2H3/b11-10+. The van der Waals surface area contributed by atoms with Gasteiger partial charge in [-0.15, -0.1) is 0 Å². The van der Waals surface area contributed by atoms with Gasteiger partial charge in [-0.25, -0.2) is 0 Å². The normalized spacial score (nSPS) is 29.2. The molecule has 0 aliphatic heterocycles. The minimum Gasteiger partial charge on any atom is -0.411 e. The fourth-order valence-corrected chi connectivity index (χ4v) is 1.96. The van der Waals surface area contributed by atoms with E-state index in [0.29, 0.717) is 0 Å². The van der Waals surface area contributed by atoms with Crippen LogP contribution in [0.5, 0.6) is 0 Å². The van der Waals surface area contributed by atoms with Gasteiger partial charge in [0.05, 0.1) is 5.71 Å². The third kappa shape index (κ3) is 2.50. The number of hydrogen-bond donors (Lipinski definition) is 1. The number of rotatable bonds is 1. The lowest BCUT2D eigenvalue weighted by atomic mass is 9.89. The summed E-state index contributed by atoms with van der Waals surface area (Å²) in [5.74, 6) is 1.62. The summed E-state index contributed by atoms with van der Waals surface area (Å²) < 4.78 is 0. The predicted molar refractivity (Wildman–Crippen MR) is 50.6 cm³/mol. The van der Waals surface area contributed by atoms with Crippen molar-refractivity contribution < 1.29 is 5.21 Å². The van der Waals surface area contributed by atoms with Crippen molar-refractivity contribution in [1.82, 2.24) is 0 Å². The molecule has 70 valence electrons. The van der Waals surface area contributed by atoms with E-state index < -0.39 is 0 Å². The smallest absolute Gasteiger partial charge is 0.0571 e. The Balaban J connectivity index is 2.44. The topological polar surface area (TPSA) is 32.6 Å². The van der Waals surface area contributed by atoms with Gasteiger partial charge in [0.1, 0.15) is 0 Å². The fourth-order valence-electron chi connectivity index (χ4n) is 1.96. The summed E-state index contributed by atoms with van der Waals surface area (Å²) in [4.78, 5) is 0.